The second kappa shape index (κ2) is 5.66. The van der Waals surface area contributed by atoms with Gasteiger partial charge in [0.15, 0.2) is 0 Å². The number of alkyl halides is 5. The van der Waals surface area contributed by atoms with Gasteiger partial charge >= 0.3 is 12.1 Å². The first-order chi connectivity index (χ1) is 6.74. The summed E-state index contributed by atoms with van der Waals surface area (Å²) in [5.74, 6) is -5.02. The maximum Gasteiger partial charge on any atom is 0.457 e. The van der Waals surface area contributed by atoms with Gasteiger partial charge in [0.05, 0.1) is 13.2 Å². The normalized spacial score (nSPS) is 14.5. The molecule has 0 radical (unpaired) electrons. The zero-order chi connectivity index (χ0) is 12.1. The molecule has 0 saturated carbocycles. The molecule has 0 bridgehead atoms. The van der Waals surface area contributed by atoms with Crippen molar-refractivity contribution >= 4 is 11.8 Å². The van der Waals surface area contributed by atoms with Crippen LogP contribution in [0, 0.1) is 0 Å². The second-order valence-electron chi connectivity index (χ2n) is 2.46. The smallest absolute Gasteiger partial charge is 0.396 e. The third kappa shape index (κ3) is 4.80. The van der Waals surface area contributed by atoms with Crippen LogP contribution in [-0.2, 0) is 0 Å². The van der Waals surface area contributed by atoms with E-state index in [1.54, 1.807) is 0 Å². The number of hydrogen-bond acceptors (Lipinski definition) is 3. The van der Waals surface area contributed by atoms with Crippen LogP contribution < -0.4 is 0 Å². The molecular formula is C7H9F5O2S. The third-order valence-electron chi connectivity index (χ3n) is 1.25. The Morgan fingerprint density at radius 2 is 1.67 bits per heavy atom. The summed E-state index contributed by atoms with van der Waals surface area (Å²) < 4.78 is 60.0. The molecule has 0 aromatic rings. The molecule has 0 aromatic heterocycles. The molecule has 90 valence electrons. The predicted molar refractivity (Wildman–Crippen MR) is 45.7 cm³/mol. The van der Waals surface area contributed by atoms with Crippen molar-refractivity contribution < 1.29 is 32.2 Å². The van der Waals surface area contributed by atoms with Gasteiger partial charge in [-0.15, -0.1) is 11.8 Å². The Labute approximate surface area is 86.8 Å². The van der Waals surface area contributed by atoms with Crippen LogP contribution in [0.5, 0.6) is 0 Å². The van der Waals surface area contributed by atoms with Gasteiger partial charge in [-0.1, -0.05) is 0 Å². The number of halogens is 5. The van der Waals surface area contributed by atoms with E-state index in [-0.39, 0.29) is 18.4 Å². The van der Waals surface area contributed by atoms with Crippen molar-refractivity contribution in [1.29, 1.82) is 0 Å². The molecule has 0 aromatic carbocycles. The van der Waals surface area contributed by atoms with Gasteiger partial charge in [-0.25, -0.2) is 0 Å². The highest BCUT2D eigenvalue weighted by Crippen LogP contribution is 2.38. The van der Waals surface area contributed by atoms with Gasteiger partial charge in [0.1, 0.15) is 0 Å². The van der Waals surface area contributed by atoms with E-state index < -0.39 is 23.6 Å². The van der Waals surface area contributed by atoms with Crippen LogP contribution in [0.4, 0.5) is 22.0 Å². The van der Waals surface area contributed by atoms with E-state index >= 15 is 0 Å². The summed E-state index contributed by atoms with van der Waals surface area (Å²) in [5.41, 5.74) is 0. The van der Waals surface area contributed by atoms with Crippen molar-refractivity contribution in [3.8, 4) is 0 Å². The summed E-state index contributed by atoms with van der Waals surface area (Å²) in [6.45, 7) is -1.30. The maximum atomic E-state index is 12.4. The minimum Gasteiger partial charge on any atom is -0.396 e. The average molecular weight is 252 g/mol. The summed E-state index contributed by atoms with van der Waals surface area (Å²) in [5, 5.41) is 16.8. The summed E-state index contributed by atoms with van der Waals surface area (Å²) in [6, 6.07) is 0. The molecule has 0 saturated heterocycles. The fourth-order valence-electron chi connectivity index (χ4n) is 0.594. The topological polar surface area (TPSA) is 40.5 Å². The van der Waals surface area contributed by atoms with Crippen LogP contribution in [0.1, 0.15) is 0 Å². The van der Waals surface area contributed by atoms with Crippen LogP contribution in [0.3, 0.4) is 0 Å². The summed E-state index contributed by atoms with van der Waals surface area (Å²) >= 11 is 0.546. The monoisotopic (exact) mass is 252 g/mol. The lowest BCUT2D eigenvalue weighted by atomic mass is 10.3. The van der Waals surface area contributed by atoms with Gasteiger partial charge < -0.3 is 10.2 Å². The van der Waals surface area contributed by atoms with E-state index in [4.69, 9.17) is 10.2 Å². The van der Waals surface area contributed by atoms with Crippen LogP contribution in [0.2, 0.25) is 0 Å². The first-order valence-corrected chi connectivity index (χ1v) is 4.74. The third-order valence-corrected chi connectivity index (χ3v) is 2.26. The van der Waals surface area contributed by atoms with Gasteiger partial charge in [0.25, 0.3) is 0 Å². The van der Waals surface area contributed by atoms with Crippen molar-refractivity contribution in [3.63, 3.8) is 0 Å². The number of hydrogen-bond donors (Lipinski definition) is 2. The zero-order valence-corrected chi connectivity index (χ0v) is 8.21. The molecular weight excluding hydrogens is 243 g/mol. The predicted octanol–water partition coefficient (Wildman–Crippen LogP) is 1.79. The summed E-state index contributed by atoms with van der Waals surface area (Å²) in [4.78, 5) is -0.522. The van der Waals surface area contributed by atoms with Crippen molar-refractivity contribution in [2.75, 3.05) is 19.0 Å². The fourth-order valence-corrected chi connectivity index (χ4v) is 1.27. The first kappa shape index (κ1) is 14.7. The van der Waals surface area contributed by atoms with Gasteiger partial charge in [-0.2, -0.15) is 22.0 Å². The van der Waals surface area contributed by atoms with E-state index in [0.717, 1.165) is 0 Å². The Kier molecular flexibility index (Phi) is 5.54. The van der Waals surface area contributed by atoms with Gasteiger partial charge in [0.2, 0.25) is 0 Å². The number of thioether (sulfide) groups is 1. The molecule has 0 amide bonds. The van der Waals surface area contributed by atoms with E-state index in [0.29, 0.717) is 11.8 Å². The molecule has 0 rings (SSSR count). The standard InChI is InChI=1S/C7H9F5O2S/c8-6(9,7(10,11)12)3-5(4-14)15-2-1-13/h3,13-14H,1-2,4H2/b5-3+. The number of rotatable bonds is 5. The molecule has 2 nitrogen and oxygen atoms in total. The Balaban J connectivity index is 4.66. The second-order valence-corrected chi connectivity index (χ2v) is 3.68. The van der Waals surface area contributed by atoms with Crippen molar-refractivity contribution in [1.82, 2.24) is 0 Å². The quantitative estimate of drug-likeness (QED) is 0.733. The highest BCUT2D eigenvalue weighted by atomic mass is 32.2. The van der Waals surface area contributed by atoms with E-state index in [1.807, 2.05) is 0 Å². The molecule has 0 unspecified atom stereocenters. The largest absolute Gasteiger partial charge is 0.457 e. The molecule has 0 spiro atoms. The van der Waals surface area contributed by atoms with E-state index in [1.165, 1.54) is 0 Å². The Hall–Kier alpha value is -0.340. The average Bonchev–Trinajstić information content (AvgIpc) is 2.10. The van der Waals surface area contributed by atoms with Crippen molar-refractivity contribution in [2.24, 2.45) is 0 Å². The van der Waals surface area contributed by atoms with Gasteiger partial charge in [0, 0.05) is 16.7 Å². The van der Waals surface area contributed by atoms with E-state index in [9.17, 15) is 22.0 Å². The lowest BCUT2D eigenvalue weighted by Crippen LogP contribution is -2.34. The number of allylic oxidation sites excluding steroid dienone is 1. The molecule has 0 atom stereocenters. The van der Waals surface area contributed by atoms with Crippen LogP contribution >= 0.6 is 11.8 Å². The molecule has 0 heterocycles. The zero-order valence-electron chi connectivity index (χ0n) is 7.39. The van der Waals surface area contributed by atoms with Gasteiger partial charge in [-0.05, 0) is 0 Å². The highest BCUT2D eigenvalue weighted by Gasteiger charge is 2.55. The lowest BCUT2D eigenvalue weighted by molar-refractivity contribution is -0.259. The molecule has 0 aliphatic heterocycles. The van der Waals surface area contributed by atoms with Crippen LogP contribution in [-0.4, -0.2) is 41.3 Å². The Bertz CT molecular complexity index is 226. The molecule has 15 heavy (non-hydrogen) atoms. The highest BCUT2D eigenvalue weighted by molar-refractivity contribution is 8.03. The van der Waals surface area contributed by atoms with Crippen molar-refractivity contribution in [2.45, 2.75) is 12.1 Å². The first-order valence-electron chi connectivity index (χ1n) is 3.75. The minimum atomic E-state index is -5.67. The number of aliphatic hydroxyl groups is 2. The van der Waals surface area contributed by atoms with Gasteiger partial charge in [-0.3, -0.25) is 0 Å². The number of aliphatic hydroxyl groups excluding tert-OH is 2. The minimum absolute atomic E-state index is 0.0552. The molecule has 0 aliphatic rings. The SMILES string of the molecule is OCCS/C(=C/C(F)(F)C(F)(F)F)CO. The summed E-state index contributed by atoms with van der Waals surface area (Å²) in [7, 11) is 0. The molecule has 2 N–H and O–H groups in total. The van der Waals surface area contributed by atoms with Crippen molar-refractivity contribution in [3.05, 3.63) is 11.0 Å². The molecule has 0 aliphatic carbocycles. The van der Waals surface area contributed by atoms with E-state index in [2.05, 4.69) is 0 Å². The van der Waals surface area contributed by atoms with Crippen LogP contribution in [0.15, 0.2) is 11.0 Å². The maximum absolute atomic E-state index is 12.4. The molecule has 0 fully saturated rings. The lowest BCUT2D eigenvalue weighted by Gasteiger charge is -2.17. The Morgan fingerprint density at radius 3 is 2.00 bits per heavy atom. The Morgan fingerprint density at radius 1 is 1.13 bits per heavy atom. The van der Waals surface area contributed by atoms with Crippen LogP contribution in [0.25, 0.3) is 0 Å². The fraction of sp³-hybridized carbons (Fsp3) is 0.714. The summed E-state index contributed by atoms with van der Waals surface area (Å²) in [6.07, 6.45) is -6.01. The molecule has 8 heteroatoms.